The lowest BCUT2D eigenvalue weighted by molar-refractivity contribution is 0.187. The number of nitrogens with one attached hydrogen (secondary N) is 1. The van der Waals surface area contributed by atoms with Gasteiger partial charge >= 0.3 is 0 Å². The zero-order valence-electron chi connectivity index (χ0n) is 10.5. The Labute approximate surface area is 114 Å². The Kier molecular flexibility index (Phi) is 3.04. The largest absolute Gasteiger partial charge is 0.423 e. The second kappa shape index (κ2) is 5.00. The van der Waals surface area contributed by atoms with Gasteiger partial charge in [0.1, 0.15) is 0 Å². The van der Waals surface area contributed by atoms with E-state index in [0.717, 1.165) is 5.56 Å². The number of aromatic nitrogens is 3. The standard InChI is InChI=1S/C14H12N4O2/c19-13-7-12(17-9-10-3-1-5-15-8-10)11-4-2-6-16-14(11)18(13)20/h1-8,17,20H,9H2. The zero-order chi connectivity index (χ0) is 13.9. The number of rotatable bonds is 3. The summed E-state index contributed by atoms with van der Waals surface area (Å²) in [6, 6.07) is 8.68. The normalized spacial score (nSPS) is 10.6. The quantitative estimate of drug-likeness (QED) is 0.706. The first kappa shape index (κ1) is 12.2. The van der Waals surface area contributed by atoms with Gasteiger partial charge in [-0.15, -0.1) is 4.73 Å². The first-order valence-electron chi connectivity index (χ1n) is 6.08. The molecule has 0 radical (unpaired) electrons. The maximum Gasteiger partial charge on any atom is 0.286 e. The van der Waals surface area contributed by atoms with E-state index in [-0.39, 0.29) is 5.65 Å². The van der Waals surface area contributed by atoms with E-state index in [2.05, 4.69) is 15.3 Å². The molecule has 3 aromatic heterocycles. The highest BCUT2D eigenvalue weighted by atomic mass is 16.5. The van der Waals surface area contributed by atoms with Crippen LogP contribution in [0.2, 0.25) is 0 Å². The van der Waals surface area contributed by atoms with Crippen LogP contribution in [-0.2, 0) is 6.54 Å². The number of pyridine rings is 3. The molecule has 3 heterocycles. The summed E-state index contributed by atoms with van der Waals surface area (Å²) < 4.78 is 0.546. The first-order chi connectivity index (χ1) is 9.75. The molecule has 3 aromatic rings. The van der Waals surface area contributed by atoms with Crippen LogP contribution in [0, 0.1) is 0 Å². The Morgan fingerprint density at radius 1 is 1.25 bits per heavy atom. The highest BCUT2D eigenvalue weighted by Gasteiger charge is 2.08. The molecule has 0 saturated heterocycles. The Bertz CT molecular complexity index is 799. The SMILES string of the molecule is O=c1cc(NCc2cccnc2)c2cccnc2n1O. The van der Waals surface area contributed by atoms with Crippen molar-refractivity contribution in [3.63, 3.8) is 0 Å². The van der Waals surface area contributed by atoms with E-state index in [0.29, 0.717) is 22.3 Å². The van der Waals surface area contributed by atoms with Crippen molar-refractivity contribution in [1.29, 1.82) is 0 Å². The molecule has 100 valence electrons. The summed E-state index contributed by atoms with van der Waals surface area (Å²) >= 11 is 0. The van der Waals surface area contributed by atoms with Gasteiger partial charge in [0.15, 0.2) is 5.65 Å². The number of nitrogens with zero attached hydrogens (tertiary/aromatic N) is 3. The first-order valence-corrected chi connectivity index (χ1v) is 6.08. The van der Waals surface area contributed by atoms with Crippen LogP contribution in [0.1, 0.15) is 5.56 Å². The summed E-state index contributed by atoms with van der Waals surface area (Å²) in [5.74, 6) is 0. The predicted molar refractivity (Wildman–Crippen MR) is 74.8 cm³/mol. The van der Waals surface area contributed by atoms with Crippen LogP contribution in [-0.4, -0.2) is 19.9 Å². The van der Waals surface area contributed by atoms with Crippen LogP contribution in [0.25, 0.3) is 11.0 Å². The molecule has 0 aliphatic rings. The van der Waals surface area contributed by atoms with Crippen molar-refractivity contribution >= 4 is 16.7 Å². The van der Waals surface area contributed by atoms with E-state index < -0.39 is 5.56 Å². The Hall–Kier alpha value is -2.89. The van der Waals surface area contributed by atoms with Crippen molar-refractivity contribution in [2.24, 2.45) is 0 Å². The fourth-order valence-corrected chi connectivity index (χ4v) is 1.99. The minimum absolute atomic E-state index is 0.230. The van der Waals surface area contributed by atoms with Gasteiger partial charge in [-0.3, -0.25) is 9.78 Å². The topological polar surface area (TPSA) is 80.0 Å². The minimum atomic E-state index is -0.523. The molecule has 6 heteroatoms. The summed E-state index contributed by atoms with van der Waals surface area (Å²) in [5.41, 5.74) is 1.34. The van der Waals surface area contributed by atoms with Crippen molar-refractivity contribution in [2.75, 3.05) is 5.32 Å². The molecular formula is C14H12N4O2. The fraction of sp³-hybridized carbons (Fsp3) is 0.0714. The summed E-state index contributed by atoms with van der Waals surface area (Å²) in [6.45, 7) is 0.534. The lowest BCUT2D eigenvalue weighted by Crippen LogP contribution is -2.19. The molecule has 0 spiro atoms. The van der Waals surface area contributed by atoms with Gasteiger partial charge in [-0.25, -0.2) is 4.98 Å². The highest BCUT2D eigenvalue weighted by Crippen LogP contribution is 2.19. The maximum atomic E-state index is 11.7. The van der Waals surface area contributed by atoms with Crippen LogP contribution < -0.4 is 10.9 Å². The molecule has 2 N–H and O–H groups in total. The zero-order valence-corrected chi connectivity index (χ0v) is 10.5. The molecule has 3 rings (SSSR count). The summed E-state index contributed by atoms with van der Waals surface area (Å²) in [6.07, 6.45) is 4.98. The van der Waals surface area contributed by atoms with Gasteiger partial charge in [0.25, 0.3) is 5.56 Å². The van der Waals surface area contributed by atoms with E-state index in [9.17, 15) is 10.0 Å². The van der Waals surface area contributed by atoms with E-state index in [1.54, 1.807) is 24.5 Å². The molecule has 0 unspecified atom stereocenters. The van der Waals surface area contributed by atoms with Crippen molar-refractivity contribution in [2.45, 2.75) is 6.54 Å². The third kappa shape index (κ3) is 2.18. The second-order valence-electron chi connectivity index (χ2n) is 4.30. The number of hydrogen-bond donors (Lipinski definition) is 2. The Morgan fingerprint density at radius 3 is 2.90 bits per heavy atom. The molecule has 0 atom stereocenters. The van der Waals surface area contributed by atoms with Gasteiger partial charge in [-0.05, 0) is 23.8 Å². The molecule has 0 amide bonds. The number of hydrogen-bond acceptors (Lipinski definition) is 5. The molecule has 20 heavy (non-hydrogen) atoms. The minimum Gasteiger partial charge on any atom is -0.423 e. The van der Waals surface area contributed by atoms with Crippen LogP contribution in [0.5, 0.6) is 0 Å². The fourth-order valence-electron chi connectivity index (χ4n) is 1.99. The van der Waals surface area contributed by atoms with Crippen molar-refractivity contribution in [3.8, 4) is 0 Å². The average Bonchev–Trinajstić information content (AvgIpc) is 2.50. The summed E-state index contributed by atoms with van der Waals surface area (Å²) in [7, 11) is 0. The third-order valence-electron chi connectivity index (χ3n) is 2.96. The smallest absolute Gasteiger partial charge is 0.286 e. The van der Waals surface area contributed by atoms with Crippen LogP contribution in [0.15, 0.2) is 53.7 Å². The Balaban J connectivity index is 2.00. The van der Waals surface area contributed by atoms with Gasteiger partial charge in [0.2, 0.25) is 0 Å². The molecule has 0 aliphatic carbocycles. The van der Waals surface area contributed by atoms with E-state index in [1.165, 1.54) is 12.3 Å². The van der Waals surface area contributed by atoms with Crippen molar-refractivity contribution < 1.29 is 5.21 Å². The van der Waals surface area contributed by atoms with Crippen molar-refractivity contribution in [3.05, 3.63) is 64.8 Å². The summed E-state index contributed by atoms with van der Waals surface area (Å²) in [4.78, 5) is 19.7. The van der Waals surface area contributed by atoms with Crippen LogP contribution >= 0.6 is 0 Å². The lowest BCUT2D eigenvalue weighted by Gasteiger charge is -2.10. The Morgan fingerprint density at radius 2 is 2.10 bits per heavy atom. The van der Waals surface area contributed by atoms with Gasteiger partial charge in [0.05, 0.1) is 5.69 Å². The van der Waals surface area contributed by atoms with Crippen LogP contribution in [0.3, 0.4) is 0 Å². The van der Waals surface area contributed by atoms with Gasteiger partial charge in [-0.1, -0.05) is 6.07 Å². The van der Waals surface area contributed by atoms with E-state index in [1.807, 2.05) is 12.1 Å². The third-order valence-corrected chi connectivity index (χ3v) is 2.96. The van der Waals surface area contributed by atoms with E-state index >= 15 is 0 Å². The van der Waals surface area contributed by atoms with Gasteiger partial charge in [-0.2, -0.15) is 0 Å². The molecule has 6 nitrogen and oxygen atoms in total. The molecule has 0 aromatic carbocycles. The van der Waals surface area contributed by atoms with E-state index in [4.69, 9.17) is 0 Å². The average molecular weight is 268 g/mol. The molecule has 0 aliphatic heterocycles. The van der Waals surface area contributed by atoms with Crippen LogP contribution in [0.4, 0.5) is 5.69 Å². The number of anilines is 1. The van der Waals surface area contributed by atoms with Gasteiger partial charge in [0, 0.05) is 36.6 Å². The molecular weight excluding hydrogens is 256 g/mol. The maximum absolute atomic E-state index is 11.7. The molecule has 0 fully saturated rings. The molecule has 0 bridgehead atoms. The second-order valence-corrected chi connectivity index (χ2v) is 4.30. The number of fused-ring (bicyclic) bond motifs is 1. The van der Waals surface area contributed by atoms with Crippen molar-refractivity contribution in [1.82, 2.24) is 14.7 Å². The molecule has 0 saturated carbocycles. The van der Waals surface area contributed by atoms with Gasteiger partial charge < -0.3 is 10.5 Å². The predicted octanol–water partition coefficient (Wildman–Crippen LogP) is 1.64. The highest BCUT2D eigenvalue weighted by molar-refractivity contribution is 5.88. The lowest BCUT2D eigenvalue weighted by atomic mass is 10.2. The monoisotopic (exact) mass is 268 g/mol. The summed E-state index contributed by atoms with van der Waals surface area (Å²) in [5, 5.41) is 13.5.